The fourth-order valence-corrected chi connectivity index (χ4v) is 0.0383. The minimum absolute atomic E-state index is 1.23. The predicted molar refractivity (Wildman–Crippen MR) is 15.6 cm³/mol. The van der Waals surface area contributed by atoms with Crippen LogP contribution in [0.3, 0.4) is 0 Å². The van der Waals surface area contributed by atoms with Crippen LogP contribution >= 0.6 is 0 Å². The number of nitrogens with zero attached hydrogens (tertiary/aromatic N) is 3. The van der Waals surface area contributed by atoms with Crippen LogP contribution in [0.25, 0.3) is 0 Å². The van der Waals surface area contributed by atoms with Crippen molar-refractivity contribution in [2.75, 3.05) is 0 Å². The summed E-state index contributed by atoms with van der Waals surface area (Å²) in [5.41, 5.74) is 1.23. The summed E-state index contributed by atoms with van der Waals surface area (Å²) >= 11 is 0. The lowest BCUT2D eigenvalue weighted by Gasteiger charge is -1.70. The van der Waals surface area contributed by atoms with E-state index in [0.717, 1.165) is 0 Å². The molecule has 0 aromatic rings. The largest absolute Gasteiger partial charge is 0.273 e. The van der Waals surface area contributed by atoms with Crippen molar-refractivity contribution in [3.63, 3.8) is 0 Å². The van der Waals surface area contributed by atoms with Gasteiger partial charge in [-0.2, -0.15) is 5.59 Å². The van der Waals surface area contributed by atoms with E-state index in [4.69, 9.17) is 10.1 Å². The van der Waals surface area contributed by atoms with E-state index >= 15 is 0 Å². The lowest BCUT2D eigenvalue weighted by atomic mass is 12.5. The van der Waals surface area contributed by atoms with Crippen LogP contribution in [0.2, 0.25) is 0 Å². The molecule has 0 spiro atoms. The van der Waals surface area contributed by atoms with Gasteiger partial charge in [0.1, 0.15) is 5.29 Å². The molecule has 0 atom stereocenters. The van der Waals surface area contributed by atoms with Crippen molar-refractivity contribution in [2.45, 2.75) is 0 Å². The second-order valence-corrected chi connectivity index (χ2v) is 0.371. The van der Waals surface area contributed by atoms with Gasteiger partial charge >= 0.3 is 0 Å². The number of nitrogens with one attached hydrogen (secondary N) is 1. The standard InChI is InChI=1S/H2N4O2/c5-3-1-2-4-6/h(H,1,4,5)(H,2,3,6). The molecular weight excluding hydrogens is 88.0 g/mol. The second-order valence-electron chi connectivity index (χ2n) is 0.371. The molecular formula is H2N4O2. The van der Waals surface area contributed by atoms with Gasteiger partial charge in [0.25, 0.3) is 0 Å². The van der Waals surface area contributed by atoms with E-state index in [1.165, 1.54) is 5.59 Å². The third-order valence-electron chi connectivity index (χ3n) is 0.126. The van der Waals surface area contributed by atoms with Gasteiger partial charge in [0.2, 0.25) is 0 Å². The summed E-state index contributed by atoms with van der Waals surface area (Å²) in [5.74, 6) is 0. The van der Waals surface area contributed by atoms with Gasteiger partial charge in [-0.15, -0.1) is 4.91 Å². The summed E-state index contributed by atoms with van der Waals surface area (Å²) in [6, 6.07) is 0. The molecule has 0 heterocycles. The first-order valence-electron chi connectivity index (χ1n) is 1.03. The summed E-state index contributed by atoms with van der Waals surface area (Å²) in [5, 5.41) is 14.4. The second kappa shape index (κ2) is 3.96. The highest BCUT2D eigenvalue weighted by Crippen LogP contribution is 1.63. The molecule has 0 aliphatic rings. The van der Waals surface area contributed by atoms with Gasteiger partial charge in [-0.3, -0.25) is 5.21 Å². The Morgan fingerprint density at radius 3 is 2.50 bits per heavy atom. The predicted octanol–water partition coefficient (Wildman–Crippen LogP) is 0.0138. The molecule has 2 N–H and O–H groups in total. The molecule has 0 radical (unpaired) electrons. The van der Waals surface area contributed by atoms with Crippen LogP contribution < -0.4 is 5.59 Å². The van der Waals surface area contributed by atoms with E-state index in [1.54, 1.807) is 0 Å². The molecule has 6 heavy (non-hydrogen) atoms. The maximum Gasteiger partial charge on any atom is 0.102 e. The van der Waals surface area contributed by atoms with Gasteiger partial charge < -0.3 is 0 Å². The quantitative estimate of drug-likeness (QED) is 0.284. The van der Waals surface area contributed by atoms with Crippen LogP contribution in [0.1, 0.15) is 0 Å². The van der Waals surface area contributed by atoms with Crippen LogP contribution in [0.15, 0.2) is 15.7 Å². The fraction of sp³-hybridized carbons (Fsp3) is 0. The smallest absolute Gasteiger partial charge is 0.102 e. The Morgan fingerprint density at radius 2 is 2.33 bits per heavy atom. The Kier molecular flexibility index (Phi) is 3.27. The van der Waals surface area contributed by atoms with Gasteiger partial charge in [-0.1, -0.05) is 0 Å². The zero-order valence-electron chi connectivity index (χ0n) is 2.70. The van der Waals surface area contributed by atoms with Gasteiger partial charge in [-0.25, -0.2) is 0 Å². The first-order chi connectivity index (χ1) is 2.91. The first-order valence-corrected chi connectivity index (χ1v) is 1.03. The van der Waals surface area contributed by atoms with Crippen molar-refractivity contribution in [1.82, 2.24) is 5.59 Å². The number of nitroso groups, excluding NO2 is 1. The Balaban J connectivity index is 2.94. The molecule has 0 aliphatic heterocycles. The molecule has 0 rings (SSSR count). The minimum Gasteiger partial charge on any atom is -0.273 e. The maximum absolute atomic E-state index is 8.90. The topological polar surface area (TPSA) is 86.4 Å². The third kappa shape index (κ3) is 2.96. The Labute approximate surface area is 32.8 Å². The first kappa shape index (κ1) is 4.96. The highest BCUT2D eigenvalue weighted by molar-refractivity contribution is 4.05. The average molecular weight is 90.0 g/mol. The van der Waals surface area contributed by atoms with Crippen LogP contribution in [0, 0.1) is 4.91 Å². The van der Waals surface area contributed by atoms with Crippen LogP contribution in [0.4, 0.5) is 0 Å². The van der Waals surface area contributed by atoms with E-state index in [9.17, 15) is 0 Å². The molecule has 0 fully saturated rings. The van der Waals surface area contributed by atoms with Crippen molar-refractivity contribution in [3.8, 4) is 0 Å². The summed E-state index contributed by atoms with van der Waals surface area (Å²) in [6.07, 6.45) is 0. The van der Waals surface area contributed by atoms with E-state index in [2.05, 4.69) is 10.4 Å². The zero-order chi connectivity index (χ0) is 4.83. The Morgan fingerprint density at radius 1 is 1.67 bits per heavy atom. The van der Waals surface area contributed by atoms with Crippen LogP contribution in [-0.4, -0.2) is 5.21 Å². The molecule has 0 aromatic carbocycles. The van der Waals surface area contributed by atoms with E-state index in [-0.39, 0.29) is 0 Å². The summed E-state index contributed by atoms with van der Waals surface area (Å²) in [7, 11) is 0. The molecule has 0 unspecified atom stereocenters. The minimum atomic E-state index is 1.23. The van der Waals surface area contributed by atoms with Gasteiger partial charge in [0.15, 0.2) is 0 Å². The average Bonchev–Trinajstić information content (AvgIpc) is 1.61. The summed E-state index contributed by atoms with van der Waals surface area (Å²) < 4.78 is 0. The molecule has 0 saturated heterocycles. The van der Waals surface area contributed by atoms with Crippen molar-refractivity contribution in [1.29, 1.82) is 0 Å². The molecule has 6 nitrogen and oxygen atoms in total. The molecule has 0 aromatic heterocycles. The highest BCUT2D eigenvalue weighted by atomic mass is 16.5. The number of hydrogen-bond acceptors (Lipinski definition) is 3. The monoisotopic (exact) mass is 90.0 g/mol. The SMILES string of the molecule is O=NN=NNO. The normalized spacial score (nSPS) is 8.83. The van der Waals surface area contributed by atoms with Gasteiger partial charge in [0, 0.05) is 5.22 Å². The van der Waals surface area contributed by atoms with E-state index < -0.39 is 0 Å². The van der Waals surface area contributed by atoms with E-state index in [0.29, 0.717) is 0 Å². The number of hydrogen-bond donors (Lipinski definition) is 2. The summed E-state index contributed by atoms with van der Waals surface area (Å²) in [4.78, 5) is 8.90. The number of rotatable bonds is 2. The van der Waals surface area contributed by atoms with Crippen LogP contribution in [0.5, 0.6) is 0 Å². The maximum atomic E-state index is 8.90. The zero-order valence-corrected chi connectivity index (χ0v) is 2.70. The molecule has 0 aliphatic carbocycles. The molecule has 6 heteroatoms. The fourth-order valence-electron chi connectivity index (χ4n) is 0.0383. The molecule has 0 amide bonds. The highest BCUT2D eigenvalue weighted by Gasteiger charge is 1.56. The third-order valence-corrected chi connectivity index (χ3v) is 0.126. The lowest BCUT2D eigenvalue weighted by molar-refractivity contribution is 0.161. The molecule has 34 valence electrons. The van der Waals surface area contributed by atoms with Crippen molar-refractivity contribution in [2.24, 2.45) is 15.7 Å². The van der Waals surface area contributed by atoms with Gasteiger partial charge in [-0.05, 0) is 5.22 Å². The molecule has 0 bridgehead atoms. The lowest BCUT2D eigenvalue weighted by Crippen LogP contribution is -1.90. The van der Waals surface area contributed by atoms with Crippen LogP contribution in [-0.2, 0) is 0 Å². The van der Waals surface area contributed by atoms with Gasteiger partial charge in [0.05, 0.1) is 0 Å². The Hall–Kier alpha value is -1.04. The Bertz CT molecular complexity index is 56.6. The van der Waals surface area contributed by atoms with Crippen molar-refractivity contribution >= 4 is 0 Å². The summed E-state index contributed by atoms with van der Waals surface area (Å²) in [6.45, 7) is 0. The van der Waals surface area contributed by atoms with E-state index in [1.807, 2.05) is 5.29 Å². The van der Waals surface area contributed by atoms with Crippen molar-refractivity contribution in [3.05, 3.63) is 4.91 Å². The van der Waals surface area contributed by atoms with Crippen molar-refractivity contribution < 1.29 is 5.21 Å². The molecule has 0 saturated carbocycles.